The molecule has 2 aliphatic heterocycles. The molecule has 3 aromatic rings. The number of carbonyl (C=O) groups is 4. The number of fused-ring (bicyclic) bond motifs is 1. The lowest BCUT2D eigenvalue weighted by Crippen LogP contribution is -2.55. The Labute approximate surface area is 248 Å². The number of likely N-dealkylation sites (tertiary alicyclic amines) is 1. The minimum atomic E-state index is -1.16. The highest BCUT2D eigenvalue weighted by Gasteiger charge is 2.42. The quantitative estimate of drug-likeness (QED) is 0.226. The number of carbonyl (C=O) groups excluding carboxylic acids is 3. The molecule has 0 aliphatic carbocycles. The second-order valence-electron chi connectivity index (χ2n) is 10.9. The van der Waals surface area contributed by atoms with Crippen LogP contribution < -0.4 is 20.7 Å². The van der Waals surface area contributed by atoms with Gasteiger partial charge in [0, 0.05) is 35.8 Å². The number of carboxylic acid groups (broad SMARTS) is 1. The van der Waals surface area contributed by atoms with Crippen molar-refractivity contribution in [1.82, 2.24) is 25.8 Å². The van der Waals surface area contributed by atoms with Gasteiger partial charge in [-0.05, 0) is 43.0 Å². The van der Waals surface area contributed by atoms with Crippen LogP contribution in [-0.4, -0.2) is 83.6 Å². The zero-order valence-electron chi connectivity index (χ0n) is 23.7. The maximum absolute atomic E-state index is 14.0. The summed E-state index contributed by atoms with van der Waals surface area (Å²) in [7, 11) is 1.56. The van der Waals surface area contributed by atoms with E-state index < -0.39 is 42.5 Å². The molecule has 5 unspecified atom stereocenters. The average molecular weight is 587 g/mol. The van der Waals surface area contributed by atoms with E-state index in [1.54, 1.807) is 19.2 Å². The molecule has 3 amide bonds. The molecule has 2 fully saturated rings. The lowest BCUT2D eigenvalue weighted by molar-refractivity contribution is -0.136. The summed E-state index contributed by atoms with van der Waals surface area (Å²) in [5, 5.41) is 28.1. The Bertz CT molecular complexity index is 1550. The monoisotopic (exact) mass is 586 g/mol. The number of nitriles is 1. The van der Waals surface area contributed by atoms with Crippen LogP contribution in [0.5, 0.6) is 5.75 Å². The summed E-state index contributed by atoms with van der Waals surface area (Å²) in [6.07, 6.45) is 1.03. The fourth-order valence-corrected chi connectivity index (χ4v) is 6.06. The largest absolute Gasteiger partial charge is 0.496 e. The number of nitrogens with one attached hydrogen (secondary N) is 4. The van der Waals surface area contributed by atoms with Crippen LogP contribution in [0.1, 0.15) is 41.2 Å². The molecular formula is C31H34N6O6. The Kier molecular flexibility index (Phi) is 8.92. The molecule has 3 heterocycles. The minimum absolute atomic E-state index is 0.115. The molecule has 0 radical (unpaired) electrons. The van der Waals surface area contributed by atoms with E-state index >= 15 is 0 Å². The van der Waals surface area contributed by atoms with Gasteiger partial charge in [0.15, 0.2) is 0 Å². The van der Waals surface area contributed by atoms with Crippen molar-refractivity contribution in [2.75, 3.05) is 26.7 Å². The number of hydrogen-bond acceptors (Lipinski definition) is 7. The molecule has 0 spiro atoms. The maximum atomic E-state index is 14.0. The summed E-state index contributed by atoms with van der Waals surface area (Å²) in [6.45, 7) is 0.292. The topological polar surface area (TPSA) is 177 Å². The Morgan fingerprint density at radius 3 is 2.65 bits per heavy atom. The smallest absolute Gasteiger partial charge is 0.317 e. The van der Waals surface area contributed by atoms with Crippen molar-refractivity contribution in [3.8, 4) is 11.8 Å². The van der Waals surface area contributed by atoms with Crippen molar-refractivity contribution in [1.29, 1.82) is 5.26 Å². The molecule has 224 valence electrons. The van der Waals surface area contributed by atoms with Gasteiger partial charge in [-0.3, -0.25) is 24.5 Å². The molecule has 0 saturated carbocycles. The summed E-state index contributed by atoms with van der Waals surface area (Å²) < 4.78 is 5.45. The Balaban J connectivity index is 1.43. The number of ether oxygens (including phenoxy) is 1. The minimum Gasteiger partial charge on any atom is -0.496 e. The molecule has 0 bridgehead atoms. The van der Waals surface area contributed by atoms with Gasteiger partial charge in [-0.25, -0.2) is 0 Å². The van der Waals surface area contributed by atoms with Gasteiger partial charge in [-0.15, -0.1) is 0 Å². The number of carboxylic acids is 1. The third-order valence-electron chi connectivity index (χ3n) is 8.25. The third kappa shape index (κ3) is 6.47. The Morgan fingerprint density at radius 2 is 1.98 bits per heavy atom. The number of aromatic nitrogens is 1. The number of hydrogen-bond donors (Lipinski definition) is 5. The van der Waals surface area contributed by atoms with E-state index in [1.165, 1.54) is 4.90 Å². The second kappa shape index (κ2) is 13.0. The van der Waals surface area contributed by atoms with E-state index in [2.05, 4.69) is 20.9 Å². The van der Waals surface area contributed by atoms with Crippen LogP contribution in [0.2, 0.25) is 0 Å². The van der Waals surface area contributed by atoms with E-state index in [9.17, 15) is 24.4 Å². The van der Waals surface area contributed by atoms with Crippen LogP contribution in [0.15, 0.2) is 54.6 Å². The number of H-pyrrole nitrogens is 1. The SMILES string of the molecule is COc1cccc2[nH]c(C(=O)N3CC(c4ccccc4)CC3C(=O)NC(CC3CCNC3=O)C(C#N)NCC(=O)O)cc12. The van der Waals surface area contributed by atoms with Crippen molar-refractivity contribution in [2.45, 2.75) is 43.3 Å². The Hall–Kier alpha value is -4.89. The first-order valence-electron chi connectivity index (χ1n) is 14.2. The number of benzene rings is 2. The van der Waals surface area contributed by atoms with Crippen LogP contribution in [0.4, 0.5) is 0 Å². The molecule has 43 heavy (non-hydrogen) atoms. The second-order valence-corrected chi connectivity index (χ2v) is 10.9. The van der Waals surface area contributed by atoms with Gasteiger partial charge in [-0.1, -0.05) is 36.4 Å². The summed E-state index contributed by atoms with van der Waals surface area (Å²) in [5.41, 5.74) is 2.02. The summed E-state index contributed by atoms with van der Waals surface area (Å²) in [5.74, 6) is -2.10. The highest BCUT2D eigenvalue weighted by molar-refractivity contribution is 6.02. The number of nitrogens with zero attached hydrogens (tertiary/aromatic N) is 2. The van der Waals surface area contributed by atoms with Crippen molar-refractivity contribution < 1.29 is 29.0 Å². The van der Waals surface area contributed by atoms with Crippen molar-refractivity contribution in [3.63, 3.8) is 0 Å². The van der Waals surface area contributed by atoms with Gasteiger partial charge in [-0.2, -0.15) is 5.26 Å². The van der Waals surface area contributed by atoms with Crippen LogP contribution in [-0.2, 0) is 14.4 Å². The van der Waals surface area contributed by atoms with Gasteiger partial charge >= 0.3 is 5.97 Å². The molecule has 12 nitrogen and oxygen atoms in total. The predicted octanol–water partition coefficient (Wildman–Crippen LogP) is 1.75. The lowest BCUT2D eigenvalue weighted by atomic mass is 9.93. The van der Waals surface area contributed by atoms with Crippen molar-refractivity contribution >= 4 is 34.6 Å². The van der Waals surface area contributed by atoms with E-state index in [0.29, 0.717) is 37.4 Å². The molecule has 5 atom stereocenters. The van der Waals surface area contributed by atoms with E-state index in [-0.39, 0.29) is 24.2 Å². The summed E-state index contributed by atoms with van der Waals surface area (Å²) >= 11 is 0. The van der Waals surface area contributed by atoms with Gasteiger partial charge < -0.3 is 30.4 Å². The first-order valence-corrected chi connectivity index (χ1v) is 14.2. The molecule has 2 aromatic carbocycles. The summed E-state index contributed by atoms with van der Waals surface area (Å²) in [4.78, 5) is 56.2. The number of aromatic amines is 1. The van der Waals surface area contributed by atoms with Crippen LogP contribution in [0, 0.1) is 17.2 Å². The lowest BCUT2D eigenvalue weighted by Gasteiger charge is -2.29. The van der Waals surface area contributed by atoms with E-state index in [1.807, 2.05) is 48.5 Å². The standard InChI is InChI=1S/C31H34N6O6/c1-43-27-9-5-8-22-21(27)14-24(35-22)31(42)37-17-20(18-6-3-2-4-7-18)13-26(37)30(41)36-23(12-19-10-11-33-29(19)40)25(15-32)34-16-28(38)39/h2-9,14,19-20,23,25-26,34-35H,10-13,16-17H2,1H3,(H,33,40)(H,36,41)(H,38,39). The average Bonchev–Trinajstić information content (AvgIpc) is 3.75. The van der Waals surface area contributed by atoms with Gasteiger partial charge in [0.1, 0.15) is 23.5 Å². The normalized spacial score (nSPS) is 21.2. The first kappa shape index (κ1) is 29.6. The Morgan fingerprint density at radius 1 is 1.19 bits per heavy atom. The zero-order valence-corrected chi connectivity index (χ0v) is 23.7. The van der Waals surface area contributed by atoms with Crippen molar-refractivity contribution in [2.24, 2.45) is 5.92 Å². The first-order chi connectivity index (χ1) is 20.8. The van der Waals surface area contributed by atoms with Crippen molar-refractivity contribution in [3.05, 3.63) is 65.9 Å². The maximum Gasteiger partial charge on any atom is 0.317 e. The molecule has 5 rings (SSSR count). The fourth-order valence-electron chi connectivity index (χ4n) is 6.06. The molecule has 12 heteroatoms. The third-order valence-corrected chi connectivity index (χ3v) is 8.25. The number of rotatable bonds is 11. The predicted molar refractivity (Wildman–Crippen MR) is 156 cm³/mol. The molecule has 2 aliphatic rings. The fraction of sp³-hybridized carbons (Fsp3) is 0.387. The highest BCUT2D eigenvalue weighted by Crippen LogP contribution is 2.34. The number of aliphatic carboxylic acids is 1. The van der Waals surface area contributed by atoms with Gasteiger partial charge in [0.25, 0.3) is 5.91 Å². The van der Waals surface area contributed by atoms with Crippen LogP contribution in [0.25, 0.3) is 10.9 Å². The van der Waals surface area contributed by atoms with Crippen LogP contribution in [0.3, 0.4) is 0 Å². The number of methoxy groups -OCH3 is 1. The molecular weight excluding hydrogens is 552 g/mol. The van der Waals surface area contributed by atoms with E-state index in [0.717, 1.165) is 16.5 Å². The highest BCUT2D eigenvalue weighted by atomic mass is 16.5. The van der Waals surface area contributed by atoms with Gasteiger partial charge in [0.05, 0.1) is 25.8 Å². The summed E-state index contributed by atoms with van der Waals surface area (Å²) in [6, 6.07) is 16.1. The van der Waals surface area contributed by atoms with E-state index in [4.69, 9.17) is 9.84 Å². The molecule has 5 N–H and O–H groups in total. The van der Waals surface area contributed by atoms with Gasteiger partial charge in [0.2, 0.25) is 11.8 Å². The van der Waals surface area contributed by atoms with Crippen LogP contribution >= 0.6 is 0 Å². The zero-order chi connectivity index (χ0) is 30.5. The number of amides is 3. The molecule has 2 saturated heterocycles. The molecule has 1 aromatic heterocycles.